The van der Waals surface area contributed by atoms with Crippen LogP contribution in [0.4, 0.5) is 5.69 Å². The molecule has 0 aliphatic rings. The average molecular weight is 253 g/mol. The molecule has 0 spiro atoms. The van der Waals surface area contributed by atoms with Crippen molar-refractivity contribution in [3.63, 3.8) is 0 Å². The van der Waals surface area contributed by atoms with Gasteiger partial charge in [-0.1, -0.05) is 6.92 Å². The summed E-state index contributed by atoms with van der Waals surface area (Å²) in [6, 6.07) is 7.31. The van der Waals surface area contributed by atoms with Crippen LogP contribution in [0.5, 0.6) is 0 Å². The van der Waals surface area contributed by atoms with Crippen molar-refractivity contribution in [1.29, 1.82) is 0 Å². The van der Waals surface area contributed by atoms with E-state index in [0.717, 1.165) is 17.9 Å². The van der Waals surface area contributed by atoms with E-state index in [4.69, 9.17) is 5.84 Å². The summed E-state index contributed by atoms with van der Waals surface area (Å²) in [6.07, 6.45) is 2.98. The highest BCUT2D eigenvalue weighted by atomic mass is 32.2. The molecule has 1 atom stereocenters. The van der Waals surface area contributed by atoms with Crippen molar-refractivity contribution >= 4 is 23.4 Å². The summed E-state index contributed by atoms with van der Waals surface area (Å²) in [7, 11) is 0. The SMILES string of the molecule is CCC(CSC)NC(=O)c1ccc(NN)cc1. The lowest BCUT2D eigenvalue weighted by Gasteiger charge is -2.15. The Morgan fingerprint density at radius 3 is 2.53 bits per heavy atom. The summed E-state index contributed by atoms with van der Waals surface area (Å²) in [4.78, 5) is 11.9. The summed E-state index contributed by atoms with van der Waals surface area (Å²) in [5, 5.41) is 3.01. The lowest BCUT2D eigenvalue weighted by atomic mass is 10.1. The first kappa shape index (κ1) is 13.9. The molecule has 1 aromatic carbocycles. The van der Waals surface area contributed by atoms with Crippen LogP contribution in [0.15, 0.2) is 24.3 Å². The number of nitrogen functional groups attached to an aromatic ring is 1. The number of carbonyl (C=O) groups is 1. The van der Waals surface area contributed by atoms with Gasteiger partial charge in [-0.2, -0.15) is 11.8 Å². The Balaban J connectivity index is 2.62. The van der Waals surface area contributed by atoms with Crippen LogP contribution in [-0.2, 0) is 0 Å². The van der Waals surface area contributed by atoms with E-state index in [2.05, 4.69) is 17.7 Å². The first-order chi connectivity index (χ1) is 8.21. The molecule has 4 N–H and O–H groups in total. The fourth-order valence-electron chi connectivity index (χ4n) is 1.45. The quantitative estimate of drug-likeness (QED) is 0.534. The van der Waals surface area contributed by atoms with E-state index in [-0.39, 0.29) is 11.9 Å². The Labute approximate surface area is 106 Å². The molecule has 0 fully saturated rings. The number of hydrazine groups is 1. The third kappa shape index (κ3) is 4.28. The van der Waals surface area contributed by atoms with Crippen LogP contribution in [0.2, 0.25) is 0 Å². The first-order valence-corrected chi connectivity index (χ1v) is 6.97. The van der Waals surface area contributed by atoms with Crippen LogP contribution in [0.1, 0.15) is 23.7 Å². The summed E-state index contributed by atoms with van der Waals surface area (Å²) in [5.41, 5.74) is 3.98. The maximum Gasteiger partial charge on any atom is 0.251 e. The second-order valence-electron chi connectivity index (χ2n) is 3.76. The molecule has 0 aliphatic carbocycles. The highest BCUT2D eigenvalue weighted by molar-refractivity contribution is 7.98. The fraction of sp³-hybridized carbons (Fsp3) is 0.417. The molecule has 0 heterocycles. The van der Waals surface area contributed by atoms with Gasteiger partial charge in [-0.05, 0) is 36.9 Å². The smallest absolute Gasteiger partial charge is 0.251 e. The number of hydrogen-bond donors (Lipinski definition) is 3. The molecule has 0 radical (unpaired) electrons. The second-order valence-corrected chi connectivity index (χ2v) is 4.67. The van der Waals surface area contributed by atoms with Crippen LogP contribution in [0.25, 0.3) is 0 Å². The predicted octanol–water partition coefficient (Wildman–Crippen LogP) is 1.84. The summed E-state index contributed by atoms with van der Waals surface area (Å²) in [5.74, 6) is 6.17. The molecule has 0 saturated carbocycles. The van der Waals surface area contributed by atoms with E-state index in [1.54, 1.807) is 36.0 Å². The largest absolute Gasteiger partial charge is 0.348 e. The minimum atomic E-state index is -0.0329. The molecule has 0 bridgehead atoms. The van der Waals surface area contributed by atoms with Gasteiger partial charge in [-0.15, -0.1) is 0 Å². The Morgan fingerprint density at radius 1 is 1.41 bits per heavy atom. The standard InChI is InChI=1S/C12H19N3OS/c1-3-10(8-17-2)14-12(16)9-4-6-11(15-13)7-5-9/h4-7,10,15H,3,8,13H2,1-2H3,(H,14,16). The van der Waals surface area contributed by atoms with Gasteiger partial charge in [0.25, 0.3) is 5.91 Å². The summed E-state index contributed by atoms with van der Waals surface area (Å²) < 4.78 is 0. The van der Waals surface area contributed by atoms with Gasteiger partial charge in [-0.25, -0.2) is 0 Å². The maximum absolute atomic E-state index is 11.9. The number of amides is 1. The van der Waals surface area contributed by atoms with Crippen molar-refractivity contribution in [3.8, 4) is 0 Å². The number of nitrogens with one attached hydrogen (secondary N) is 2. The fourth-order valence-corrected chi connectivity index (χ4v) is 2.17. The second kappa shape index (κ2) is 7.19. The predicted molar refractivity (Wildman–Crippen MR) is 74.2 cm³/mol. The highest BCUT2D eigenvalue weighted by Gasteiger charge is 2.11. The van der Waals surface area contributed by atoms with Crippen molar-refractivity contribution in [1.82, 2.24) is 5.32 Å². The number of benzene rings is 1. The Hall–Kier alpha value is -1.20. The highest BCUT2D eigenvalue weighted by Crippen LogP contribution is 2.09. The zero-order chi connectivity index (χ0) is 12.7. The van der Waals surface area contributed by atoms with Crippen molar-refractivity contribution in [2.75, 3.05) is 17.4 Å². The van der Waals surface area contributed by atoms with Crippen molar-refractivity contribution < 1.29 is 4.79 Å². The van der Waals surface area contributed by atoms with Crippen molar-refractivity contribution in [2.45, 2.75) is 19.4 Å². The average Bonchev–Trinajstić information content (AvgIpc) is 2.38. The molecule has 94 valence electrons. The molecule has 0 saturated heterocycles. The van der Waals surface area contributed by atoms with Gasteiger partial charge in [-0.3, -0.25) is 10.6 Å². The van der Waals surface area contributed by atoms with Gasteiger partial charge in [0.1, 0.15) is 0 Å². The normalized spacial score (nSPS) is 11.9. The lowest BCUT2D eigenvalue weighted by Crippen LogP contribution is -2.36. The Bertz CT molecular complexity index is 353. The van der Waals surface area contributed by atoms with E-state index >= 15 is 0 Å². The minimum absolute atomic E-state index is 0.0329. The topological polar surface area (TPSA) is 67.2 Å². The number of carbonyl (C=O) groups excluding carboxylic acids is 1. The van der Waals surface area contributed by atoms with Crippen LogP contribution >= 0.6 is 11.8 Å². The van der Waals surface area contributed by atoms with Gasteiger partial charge in [0.15, 0.2) is 0 Å². The van der Waals surface area contributed by atoms with Crippen molar-refractivity contribution in [2.24, 2.45) is 5.84 Å². The number of anilines is 1. The van der Waals surface area contributed by atoms with Gasteiger partial charge >= 0.3 is 0 Å². The molecule has 0 aliphatic heterocycles. The van der Waals surface area contributed by atoms with Gasteiger partial charge in [0.2, 0.25) is 0 Å². The van der Waals surface area contributed by atoms with E-state index in [1.807, 2.05) is 6.26 Å². The molecule has 1 aromatic rings. The molecule has 1 unspecified atom stereocenters. The molecular weight excluding hydrogens is 234 g/mol. The van der Waals surface area contributed by atoms with Gasteiger partial charge in [0.05, 0.1) is 0 Å². The first-order valence-electron chi connectivity index (χ1n) is 5.57. The molecule has 5 heteroatoms. The molecule has 17 heavy (non-hydrogen) atoms. The number of hydrogen-bond acceptors (Lipinski definition) is 4. The van der Waals surface area contributed by atoms with Crippen LogP contribution in [0, 0.1) is 0 Å². The maximum atomic E-state index is 11.9. The molecular formula is C12H19N3OS. The van der Waals surface area contributed by atoms with Gasteiger partial charge in [0, 0.05) is 23.0 Å². The van der Waals surface area contributed by atoms with E-state index in [9.17, 15) is 4.79 Å². The number of nitrogens with two attached hydrogens (primary N) is 1. The lowest BCUT2D eigenvalue weighted by molar-refractivity contribution is 0.0940. The summed E-state index contributed by atoms with van der Waals surface area (Å²) in [6.45, 7) is 2.07. The van der Waals surface area contributed by atoms with Crippen molar-refractivity contribution in [3.05, 3.63) is 29.8 Å². The van der Waals surface area contributed by atoms with E-state index in [0.29, 0.717) is 5.56 Å². The van der Waals surface area contributed by atoms with Gasteiger partial charge < -0.3 is 10.7 Å². The Kier molecular flexibility index (Phi) is 5.86. The molecule has 1 amide bonds. The Morgan fingerprint density at radius 2 is 2.06 bits per heavy atom. The monoisotopic (exact) mass is 253 g/mol. The van der Waals surface area contributed by atoms with Crippen LogP contribution < -0.4 is 16.6 Å². The van der Waals surface area contributed by atoms with Crippen LogP contribution in [-0.4, -0.2) is 24.0 Å². The molecule has 4 nitrogen and oxygen atoms in total. The number of rotatable bonds is 6. The zero-order valence-corrected chi connectivity index (χ0v) is 11.0. The third-order valence-corrected chi connectivity index (χ3v) is 3.25. The summed E-state index contributed by atoms with van der Waals surface area (Å²) >= 11 is 1.74. The minimum Gasteiger partial charge on any atom is -0.348 e. The number of thioether (sulfide) groups is 1. The molecule has 0 aromatic heterocycles. The van der Waals surface area contributed by atoms with Crippen LogP contribution in [0.3, 0.4) is 0 Å². The third-order valence-electron chi connectivity index (χ3n) is 2.51. The molecule has 1 rings (SSSR count). The van der Waals surface area contributed by atoms with E-state index < -0.39 is 0 Å². The zero-order valence-electron chi connectivity index (χ0n) is 10.2. The van der Waals surface area contributed by atoms with E-state index in [1.165, 1.54) is 0 Å².